The highest BCUT2D eigenvalue weighted by atomic mass is 35.5. The third-order valence-electron chi connectivity index (χ3n) is 3.34. The van der Waals surface area contributed by atoms with Gasteiger partial charge in [0.2, 0.25) is 5.22 Å². The zero-order valence-electron chi connectivity index (χ0n) is 11.6. The highest BCUT2D eigenvalue weighted by Crippen LogP contribution is 2.39. The number of nitrogens with two attached hydrogens (primary N) is 1. The molecular formula is C15H14ClN3O2. The maximum absolute atomic E-state index is 6.16. The summed E-state index contributed by atoms with van der Waals surface area (Å²) < 4.78 is 11.9. The Hall–Kier alpha value is -2.40. The van der Waals surface area contributed by atoms with Gasteiger partial charge < -0.3 is 14.9 Å². The number of methoxy groups -OCH3 is 1. The van der Waals surface area contributed by atoms with Gasteiger partial charge in [0.25, 0.3) is 0 Å². The first-order valence-electron chi connectivity index (χ1n) is 6.32. The second kappa shape index (κ2) is 5.18. The zero-order chi connectivity index (χ0) is 15.0. The molecule has 0 amide bonds. The molecule has 0 aliphatic heterocycles. The van der Waals surface area contributed by atoms with E-state index in [0.717, 1.165) is 22.4 Å². The Bertz CT molecular complexity index is 775. The molecule has 0 fully saturated rings. The van der Waals surface area contributed by atoms with Crippen molar-refractivity contribution in [2.45, 2.75) is 0 Å². The number of hydrogen-bond acceptors (Lipinski definition) is 4. The van der Waals surface area contributed by atoms with Crippen LogP contribution in [-0.4, -0.2) is 16.9 Å². The number of nitrogens with zero attached hydrogens (tertiary/aromatic N) is 2. The predicted octanol–water partition coefficient (Wildman–Crippen LogP) is 3.59. The molecular weight excluding hydrogens is 290 g/mol. The van der Waals surface area contributed by atoms with Crippen LogP contribution in [0.5, 0.6) is 5.75 Å². The van der Waals surface area contributed by atoms with E-state index in [9.17, 15) is 0 Å². The first-order valence-corrected chi connectivity index (χ1v) is 6.70. The average molecular weight is 304 g/mol. The van der Waals surface area contributed by atoms with Crippen molar-refractivity contribution in [1.29, 1.82) is 0 Å². The summed E-state index contributed by atoms with van der Waals surface area (Å²) in [6, 6.07) is 9.40. The Morgan fingerprint density at radius 2 is 1.95 bits per heavy atom. The zero-order valence-corrected chi connectivity index (χ0v) is 12.4. The molecule has 0 aliphatic carbocycles. The quantitative estimate of drug-likeness (QED) is 0.803. The van der Waals surface area contributed by atoms with Gasteiger partial charge in [0, 0.05) is 7.05 Å². The molecule has 0 bridgehead atoms. The Balaban J connectivity index is 2.19. The van der Waals surface area contributed by atoms with Gasteiger partial charge in [0.15, 0.2) is 0 Å². The molecule has 0 saturated carbocycles. The van der Waals surface area contributed by atoms with Gasteiger partial charge in [-0.05, 0) is 35.4 Å². The lowest BCUT2D eigenvalue weighted by atomic mass is 10.0. The fraction of sp³-hybridized carbons (Fsp3) is 0.133. The van der Waals surface area contributed by atoms with E-state index in [-0.39, 0.29) is 0 Å². The Morgan fingerprint density at radius 1 is 1.24 bits per heavy atom. The number of anilines is 1. The fourth-order valence-electron chi connectivity index (χ4n) is 2.23. The smallest absolute Gasteiger partial charge is 0.202 e. The van der Waals surface area contributed by atoms with Crippen molar-refractivity contribution in [3.05, 3.63) is 41.8 Å². The van der Waals surface area contributed by atoms with Crippen LogP contribution in [0.25, 0.3) is 22.4 Å². The molecule has 3 rings (SSSR count). The SMILES string of the molecule is COc1ccc(-c2c(-c3ccoc3Cl)nn(C)c2N)cc1. The molecule has 0 spiro atoms. The van der Waals surface area contributed by atoms with E-state index >= 15 is 0 Å². The maximum Gasteiger partial charge on any atom is 0.202 e. The van der Waals surface area contributed by atoms with E-state index in [1.807, 2.05) is 24.3 Å². The van der Waals surface area contributed by atoms with Crippen LogP contribution in [0, 0.1) is 0 Å². The average Bonchev–Trinajstić information content (AvgIpc) is 3.04. The summed E-state index contributed by atoms with van der Waals surface area (Å²) in [5.74, 6) is 1.34. The molecule has 2 heterocycles. The molecule has 0 saturated heterocycles. The summed E-state index contributed by atoms with van der Waals surface area (Å²) in [5.41, 5.74) is 9.33. The Labute approximate surface area is 126 Å². The number of ether oxygens (including phenoxy) is 1. The maximum atomic E-state index is 6.16. The Morgan fingerprint density at radius 3 is 2.52 bits per heavy atom. The monoisotopic (exact) mass is 303 g/mol. The molecule has 6 heteroatoms. The van der Waals surface area contributed by atoms with Gasteiger partial charge in [-0.1, -0.05) is 12.1 Å². The minimum absolute atomic E-state index is 0.294. The van der Waals surface area contributed by atoms with E-state index < -0.39 is 0 Å². The number of aromatic nitrogens is 2. The molecule has 0 aliphatic rings. The molecule has 21 heavy (non-hydrogen) atoms. The van der Waals surface area contributed by atoms with Crippen molar-refractivity contribution in [3.8, 4) is 28.1 Å². The number of halogens is 1. The van der Waals surface area contributed by atoms with Crippen molar-refractivity contribution in [2.75, 3.05) is 12.8 Å². The number of benzene rings is 1. The van der Waals surface area contributed by atoms with Gasteiger partial charge in [0.05, 0.1) is 24.5 Å². The van der Waals surface area contributed by atoms with Crippen LogP contribution in [0.4, 0.5) is 5.82 Å². The van der Waals surface area contributed by atoms with E-state index in [2.05, 4.69) is 5.10 Å². The molecule has 0 unspecified atom stereocenters. The number of hydrogen-bond donors (Lipinski definition) is 1. The summed E-state index contributed by atoms with van der Waals surface area (Å²) in [5, 5.41) is 4.74. The summed E-state index contributed by atoms with van der Waals surface area (Å²) in [6.07, 6.45) is 1.53. The summed E-state index contributed by atoms with van der Waals surface area (Å²) >= 11 is 6.07. The molecule has 3 aromatic rings. The highest BCUT2D eigenvalue weighted by molar-refractivity contribution is 6.31. The molecule has 2 aromatic heterocycles. The van der Waals surface area contributed by atoms with Crippen LogP contribution in [0.1, 0.15) is 0 Å². The van der Waals surface area contributed by atoms with Crippen LogP contribution in [0.3, 0.4) is 0 Å². The third kappa shape index (κ3) is 2.25. The fourth-order valence-corrected chi connectivity index (χ4v) is 2.43. The van der Waals surface area contributed by atoms with Gasteiger partial charge in [0.1, 0.15) is 17.3 Å². The van der Waals surface area contributed by atoms with Crippen molar-refractivity contribution >= 4 is 17.4 Å². The third-order valence-corrected chi connectivity index (χ3v) is 3.64. The minimum atomic E-state index is 0.294. The van der Waals surface area contributed by atoms with E-state index in [4.69, 9.17) is 26.5 Å². The number of furan rings is 1. The van der Waals surface area contributed by atoms with E-state index in [1.165, 1.54) is 6.26 Å². The van der Waals surface area contributed by atoms with Gasteiger partial charge >= 0.3 is 0 Å². The predicted molar refractivity (Wildman–Crippen MR) is 82.3 cm³/mol. The van der Waals surface area contributed by atoms with Crippen molar-refractivity contribution in [3.63, 3.8) is 0 Å². The largest absolute Gasteiger partial charge is 0.497 e. The standard InChI is InChI=1S/C15H14ClN3O2/c1-19-15(17)12(9-3-5-10(20-2)6-4-9)13(18-19)11-7-8-21-14(11)16/h3-8H,17H2,1-2H3. The summed E-state index contributed by atoms with van der Waals surface area (Å²) in [4.78, 5) is 0. The van der Waals surface area contributed by atoms with Gasteiger partial charge in [-0.15, -0.1) is 0 Å². The number of rotatable bonds is 3. The summed E-state index contributed by atoms with van der Waals surface area (Å²) in [6.45, 7) is 0. The number of nitrogen functional groups attached to an aromatic ring is 1. The molecule has 5 nitrogen and oxygen atoms in total. The first-order chi connectivity index (χ1) is 10.1. The molecule has 1 aromatic carbocycles. The van der Waals surface area contributed by atoms with Crippen molar-refractivity contribution in [2.24, 2.45) is 7.05 Å². The number of aryl methyl sites for hydroxylation is 1. The van der Waals surface area contributed by atoms with Crippen LogP contribution < -0.4 is 10.5 Å². The highest BCUT2D eigenvalue weighted by Gasteiger charge is 2.20. The lowest BCUT2D eigenvalue weighted by molar-refractivity contribution is 0.415. The lowest BCUT2D eigenvalue weighted by Gasteiger charge is -2.05. The van der Waals surface area contributed by atoms with Crippen LogP contribution in [0.2, 0.25) is 5.22 Å². The van der Waals surface area contributed by atoms with Crippen molar-refractivity contribution < 1.29 is 9.15 Å². The van der Waals surface area contributed by atoms with E-state index in [1.54, 1.807) is 24.9 Å². The second-order valence-corrected chi connectivity index (χ2v) is 4.91. The molecule has 0 atom stereocenters. The topological polar surface area (TPSA) is 66.2 Å². The first kappa shape index (κ1) is 13.6. The normalized spacial score (nSPS) is 10.8. The Kier molecular flexibility index (Phi) is 3.35. The molecule has 108 valence electrons. The van der Waals surface area contributed by atoms with Crippen molar-refractivity contribution in [1.82, 2.24) is 9.78 Å². The van der Waals surface area contributed by atoms with Gasteiger partial charge in [-0.2, -0.15) is 5.10 Å². The minimum Gasteiger partial charge on any atom is -0.497 e. The van der Waals surface area contributed by atoms with Crippen LogP contribution >= 0.6 is 11.6 Å². The molecule has 2 N–H and O–H groups in total. The lowest BCUT2D eigenvalue weighted by Crippen LogP contribution is -1.98. The van der Waals surface area contributed by atoms with Gasteiger partial charge in [-0.3, -0.25) is 4.68 Å². The molecule has 0 radical (unpaired) electrons. The van der Waals surface area contributed by atoms with Gasteiger partial charge in [-0.25, -0.2) is 0 Å². The second-order valence-electron chi connectivity index (χ2n) is 4.57. The van der Waals surface area contributed by atoms with Crippen LogP contribution in [-0.2, 0) is 7.05 Å². The van der Waals surface area contributed by atoms with Crippen LogP contribution in [0.15, 0.2) is 41.0 Å². The van der Waals surface area contributed by atoms with E-state index in [0.29, 0.717) is 16.7 Å². The summed E-state index contributed by atoms with van der Waals surface area (Å²) in [7, 11) is 3.42.